The van der Waals surface area contributed by atoms with Crippen LogP contribution in [0.4, 0.5) is 26.3 Å². The Kier molecular flexibility index (Phi) is 3.71. The second-order valence-corrected chi connectivity index (χ2v) is 1.94. The Morgan fingerprint density at radius 3 is 2.00 bits per heavy atom. The fraction of sp³-hybridized carbons (Fsp3) is 0.800. The summed E-state index contributed by atoms with van der Waals surface area (Å²) in [5.41, 5.74) is 0. The van der Waals surface area contributed by atoms with Crippen LogP contribution in [0.15, 0.2) is 0 Å². The van der Waals surface area contributed by atoms with E-state index in [0.717, 1.165) is 0 Å². The molecule has 0 aliphatic rings. The highest BCUT2D eigenvalue weighted by molar-refractivity contribution is 5.50. The van der Waals surface area contributed by atoms with Crippen molar-refractivity contribution in [2.75, 3.05) is 6.61 Å². The molecule has 0 fully saturated rings. The van der Waals surface area contributed by atoms with Gasteiger partial charge in [-0.15, -0.1) is 0 Å². The summed E-state index contributed by atoms with van der Waals surface area (Å²) in [6.45, 7) is -1.30. The van der Waals surface area contributed by atoms with Gasteiger partial charge in [-0.25, -0.2) is 4.39 Å². The molecule has 0 radical (unpaired) electrons. The normalized spacial score (nSPS) is 15.5. The van der Waals surface area contributed by atoms with Crippen molar-refractivity contribution in [2.45, 2.75) is 18.5 Å². The third kappa shape index (κ3) is 3.62. The van der Waals surface area contributed by atoms with Crippen molar-refractivity contribution in [1.82, 2.24) is 0 Å². The molecule has 0 bridgehead atoms. The number of hydrogen-bond acceptors (Lipinski definition) is 2. The van der Waals surface area contributed by atoms with Crippen LogP contribution < -0.4 is 0 Å². The van der Waals surface area contributed by atoms with Crippen LogP contribution in [0.25, 0.3) is 0 Å². The van der Waals surface area contributed by atoms with Crippen LogP contribution in [-0.4, -0.2) is 31.3 Å². The van der Waals surface area contributed by atoms with Crippen molar-refractivity contribution in [3.8, 4) is 0 Å². The molecule has 1 unspecified atom stereocenters. The number of hydrogen-bond donors (Lipinski definition) is 0. The highest BCUT2D eigenvalue weighted by atomic mass is 19.4. The summed E-state index contributed by atoms with van der Waals surface area (Å²) in [6, 6.07) is 0. The first kappa shape index (κ1) is 12.2. The molecule has 78 valence electrons. The van der Waals surface area contributed by atoms with Gasteiger partial charge in [0, 0.05) is 0 Å². The van der Waals surface area contributed by atoms with E-state index in [1.54, 1.807) is 0 Å². The van der Waals surface area contributed by atoms with E-state index in [0.29, 0.717) is 0 Å². The van der Waals surface area contributed by atoms with E-state index in [2.05, 4.69) is 4.74 Å². The summed E-state index contributed by atoms with van der Waals surface area (Å²) in [5.74, 6) is 0. The lowest BCUT2D eigenvalue weighted by molar-refractivity contribution is -0.332. The zero-order chi connectivity index (χ0) is 10.7. The van der Waals surface area contributed by atoms with E-state index in [4.69, 9.17) is 0 Å². The molecule has 8 heteroatoms. The molecule has 1 atom stereocenters. The Hall–Kier alpha value is -0.790. The summed E-state index contributed by atoms with van der Waals surface area (Å²) in [6.07, 6.45) is -15.4. The Labute approximate surface area is 68.5 Å². The second-order valence-electron chi connectivity index (χ2n) is 1.94. The molecule has 0 rings (SSSR count). The van der Waals surface area contributed by atoms with Crippen molar-refractivity contribution in [3.63, 3.8) is 0 Å². The fourth-order valence-electron chi connectivity index (χ4n) is 0.409. The predicted molar refractivity (Wildman–Crippen MR) is 27.9 cm³/mol. The standard InChI is InChI=1S/C5H4F6O2/c6-3(4(7,8)9)5(10,11)13-2-1-12/h1,3H,2H2. The van der Waals surface area contributed by atoms with Crippen LogP contribution in [0.3, 0.4) is 0 Å². The van der Waals surface area contributed by atoms with Gasteiger partial charge in [0.05, 0.1) is 0 Å². The zero-order valence-electron chi connectivity index (χ0n) is 5.95. The summed E-state index contributed by atoms with van der Waals surface area (Å²) in [7, 11) is 0. The molecule has 0 heterocycles. The molecule has 0 N–H and O–H groups in total. The van der Waals surface area contributed by atoms with Gasteiger partial charge >= 0.3 is 12.3 Å². The topological polar surface area (TPSA) is 26.3 Å². The molecular weight excluding hydrogens is 206 g/mol. The lowest BCUT2D eigenvalue weighted by Gasteiger charge is -2.21. The molecule has 0 aliphatic heterocycles. The smallest absolute Gasteiger partial charge is 0.310 e. The highest BCUT2D eigenvalue weighted by Crippen LogP contribution is 2.35. The Bertz CT molecular complexity index is 176. The summed E-state index contributed by atoms with van der Waals surface area (Å²) in [4.78, 5) is 9.46. The predicted octanol–water partition coefficient (Wildman–Crippen LogP) is 1.70. The van der Waals surface area contributed by atoms with E-state index in [1.165, 1.54) is 0 Å². The van der Waals surface area contributed by atoms with Gasteiger partial charge in [-0.2, -0.15) is 22.0 Å². The van der Waals surface area contributed by atoms with Gasteiger partial charge in [-0.3, -0.25) is 0 Å². The molecule has 0 aromatic carbocycles. The van der Waals surface area contributed by atoms with Crippen LogP contribution >= 0.6 is 0 Å². The van der Waals surface area contributed by atoms with E-state index in [9.17, 15) is 31.1 Å². The molecule has 13 heavy (non-hydrogen) atoms. The minimum absolute atomic E-state index is 0.211. The maximum atomic E-state index is 12.0. The monoisotopic (exact) mass is 210 g/mol. The second kappa shape index (κ2) is 3.95. The fourth-order valence-corrected chi connectivity index (χ4v) is 0.409. The van der Waals surface area contributed by atoms with Crippen molar-refractivity contribution >= 4 is 6.29 Å². The van der Waals surface area contributed by atoms with Crippen LogP contribution in [-0.2, 0) is 9.53 Å². The van der Waals surface area contributed by atoms with Gasteiger partial charge in [-0.05, 0) is 0 Å². The average molecular weight is 210 g/mol. The van der Waals surface area contributed by atoms with Crippen LogP contribution in [0.5, 0.6) is 0 Å². The maximum absolute atomic E-state index is 12.0. The third-order valence-electron chi connectivity index (χ3n) is 0.926. The largest absolute Gasteiger partial charge is 0.428 e. The molecule has 0 aliphatic carbocycles. The third-order valence-corrected chi connectivity index (χ3v) is 0.926. The zero-order valence-corrected chi connectivity index (χ0v) is 5.95. The molecule has 0 aromatic heterocycles. The number of carbonyl (C=O) groups is 1. The summed E-state index contributed by atoms with van der Waals surface area (Å²) < 4.78 is 73.1. The van der Waals surface area contributed by atoms with E-state index < -0.39 is 25.1 Å². The van der Waals surface area contributed by atoms with E-state index >= 15 is 0 Å². The van der Waals surface area contributed by atoms with Crippen LogP contribution in [0.1, 0.15) is 0 Å². The first-order valence-electron chi connectivity index (χ1n) is 2.88. The molecule has 2 nitrogen and oxygen atoms in total. The Morgan fingerprint density at radius 2 is 1.69 bits per heavy atom. The SMILES string of the molecule is O=CCOC(F)(F)C(F)C(F)(F)F. The number of ether oxygens (including phenoxy) is 1. The maximum Gasteiger partial charge on any atom is 0.428 e. The number of aldehydes is 1. The van der Waals surface area contributed by atoms with E-state index in [1.807, 2.05) is 0 Å². The van der Waals surface area contributed by atoms with Crippen molar-refractivity contribution in [2.24, 2.45) is 0 Å². The Morgan fingerprint density at radius 1 is 1.23 bits per heavy atom. The van der Waals surface area contributed by atoms with Crippen molar-refractivity contribution in [1.29, 1.82) is 0 Å². The van der Waals surface area contributed by atoms with Gasteiger partial charge < -0.3 is 9.53 Å². The molecule has 0 saturated carbocycles. The number of carbonyl (C=O) groups excluding carboxylic acids is 1. The first-order valence-corrected chi connectivity index (χ1v) is 2.88. The van der Waals surface area contributed by atoms with Gasteiger partial charge in [0.15, 0.2) is 0 Å². The number of halogens is 6. The lowest BCUT2D eigenvalue weighted by atomic mass is 10.3. The van der Waals surface area contributed by atoms with Gasteiger partial charge in [0.1, 0.15) is 12.9 Å². The molecule has 0 amide bonds. The first-order chi connectivity index (χ1) is 5.72. The van der Waals surface area contributed by atoms with Crippen molar-refractivity contribution < 1.29 is 35.9 Å². The average Bonchev–Trinajstić information content (AvgIpc) is 1.98. The number of rotatable bonds is 4. The quantitative estimate of drug-likeness (QED) is 0.521. The summed E-state index contributed by atoms with van der Waals surface area (Å²) in [5, 5.41) is 0. The lowest BCUT2D eigenvalue weighted by Crippen LogP contribution is -2.43. The molecule has 0 spiro atoms. The van der Waals surface area contributed by atoms with Crippen LogP contribution in [0, 0.1) is 0 Å². The number of alkyl halides is 6. The molecule has 0 aromatic rings. The minimum Gasteiger partial charge on any atom is -0.310 e. The minimum atomic E-state index is -5.72. The van der Waals surface area contributed by atoms with Gasteiger partial charge in [0.25, 0.3) is 6.17 Å². The van der Waals surface area contributed by atoms with Gasteiger partial charge in [0.2, 0.25) is 0 Å². The van der Waals surface area contributed by atoms with E-state index in [-0.39, 0.29) is 6.29 Å². The van der Waals surface area contributed by atoms with Crippen LogP contribution in [0.2, 0.25) is 0 Å². The van der Waals surface area contributed by atoms with Gasteiger partial charge in [-0.1, -0.05) is 0 Å². The summed E-state index contributed by atoms with van der Waals surface area (Å²) >= 11 is 0. The highest BCUT2D eigenvalue weighted by Gasteiger charge is 2.58. The molecule has 0 saturated heterocycles. The molecular formula is C5H4F6O2. The van der Waals surface area contributed by atoms with Crippen molar-refractivity contribution in [3.05, 3.63) is 0 Å². The Balaban J connectivity index is 4.34.